The second kappa shape index (κ2) is 11.2. The number of anilines is 1. The molecule has 1 N–H and O–H groups in total. The standard InChI is InChI=1S/C24H33N3O5S/c1-7-25-24(29)19(4)26(15-20-9-8-10-21(14-20)32-5)23(28)16-27(33(6,30)31)22-12-11-17(2)13-18(22)3/h8-14,19H,7,15-16H2,1-6H3,(H,25,29). The van der Waals surface area contributed by atoms with Gasteiger partial charge in [0, 0.05) is 13.1 Å². The number of carbonyl (C=O) groups excluding carboxylic acids is 2. The molecule has 0 aliphatic carbocycles. The number of likely N-dealkylation sites (N-methyl/N-ethyl adjacent to an activating group) is 1. The van der Waals surface area contributed by atoms with Crippen molar-refractivity contribution in [3.8, 4) is 5.75 Å². The molecular weight excluding hydrogens is 442 g/mol. The Morgan fingerprint density at radius 1 is 1.12 bits per heavy atom. The molecule has 0 fully saturated rings. The third kappa shape index (κ3) is 6.95. The Labute approximate surface area is 196 Å². The fraction of sp³-hybridized carbons (Fsp3) is 0.417. The lowest BCUT2D eigenvalue weighted by atomic mass is 10.1. The maximum atomic E-state index is 13.5. The number of hydrogen-bond acceptors (Lipinski definition) is 5. The first kappa shape index (κ1) is 26.2. The fourth-order valence-corrected chi connectivity index (χ4v) is 4.46. The smallest absolute Gasteiger partial charge is 0.244 e. The maximum Gasteiger partial charge on any atom is 0.244 e. The van der Waals surface area contributed by atoms with Crippen LogP contribution in [-0.2, 0) is 26.2 Å². The maximum absolute atomic E-state index is 13.5. The lowest BCUT2D eigenvalue weighted by molar-refractivity contribution is -0.139. The Balaban J connectivity index is 2.42. The summed E-state index contributed by atoms with van der Waals surface area (Å²) in [4.78, 5) is 27.4. The fourth-order valence-electron chi connectivity index (χ4n) is 3.55. The van der Waals surface area contributed by atoms with E-state index in [1.165, 1.54) is 4.90 Å². The number of sulfonamides is 1. The Hall–Kier alpha value is -3.07. The molecule has 2 aromatic rings. The highest BCUT2D eigenvalue weighted by Crippen LogP contribution is 2.24. The van der Waals surface area contributed by atoms with E-state index in [2.05, 4.69) is 5.32 Å². The van der Waals surface area contributed by atoms with Crippen molar-refractivity contribution in [2.45, 2.75) is 40.3 Å². The van der Waals surface area contributed by atoms with Gasteiger partial charge in [0.2, 0.25) is 21.8 Å². The highest BCUT2D eigenvalue weighted by molar-refractivity contribution is 7.92. The second-order valence-corrected chi connectivity index (χ2v) is 9.91. The predicted octanol–water partition coefficient (Wildman–Crippen LogP) is 2.63. The molecule has 33 heavy (non-hydrogen) atoms. The number of nitrogens with zero attached hydrogens (tertiary/aromatic N) is 2. The predicted molar refractivity (Wildman–Crippen MR) is 130 cm³/mol. The summed E-state index contributed by atoms with van der Waals surface area (Å²) in [5.41, 5.74) is 2.92. The summed E-state index contributed by atoms with van der Waals surface area (Å²) in [6.07, 6.45) is 1.07. The third-order valence-electron chi connectivity index (χ3n) is 5.31. The minimum atomic E-state index is -3.76. The van der Waals surface area contributed by atoms with Crippen LogP contribution in [-0.4, -0.2) is 57.6 Å². The molecule has 2 amide bonds. The largest absolute Gasteiger partial charge is 0.497 e. The van der Waals surface area contributed by atoms with Gasteiger partial charge in [-0.25, -0.2) is 8.42 Å². The number of amides is 2. The first-order valence-corrected chi connectivity index (χ1v) is 12.6. The summed E-state index contributed by atoms with van der Waals surface area (Å²) < 4.78 is 31.6. The van der Waals surface area contributed by atoms with Crippen LogP contribution in [0.5, 0.6) is 5.75 Å². The lowest BCUT2D eigenvalue weighted by Crippen LogP contribution is -2.51. The molecule has 0 saturated heterocycles. The van der Waals surface area contributed by atoms with Gasteiger partial charge in [-0.2, -0.15) is 0 Å². The number of carbonyl (C=O) groups is 2. The van der Waals surface area contributed by atoms with Crippen LogP contribution in [0.15, 0.2) is 42.5 Å². The zero-order chi connectivity index (χ0) is 24.8. The van der Waals surface area contributed by atoms with Crippen LogP contribution in [0.3, 0.4) is 0 Å². The van der Waals surface area contributed by atoms with E-state index in [1.54, 1.807) is 58.2 Å². The summed E-state index contributed by atoms with van der Waals surface area (Å²) in [5.74, 6) is -0.174. The highest BCUT2D eigenvalue weighted by atomic mass is 32.2. The van der Waals surface area contributed by atoms with Crippen LogP contribution < -0.4 is 14.4 Å². The molecule has 0 radical (unpaired) electrons. The van der Waals surface area contributed by atoms with Crippen molar-refractivity contribution in [1.82, 2.24) is 10.2 Å². The Bertz CT molecular complexity index is 1100. The van der Waals surface area contributed by atoms with E-state index in [0.29, 0.717) is 18.0 Å². The molecule has 9 heteroatoms. The van der Waals surface area contributed by atoms with E-state index in [-0.39, 0.29) is 12.5 Å². The highest BCUT2D eigenvalue weighted by Gasteiger charge is 2.30. The average molecular weight is 476 g/mol. The minimum Gasteiger partial charge on any atom is -0.497 e. The molecule has 0 heterocycles. The molecule has 0 spiro atoms. The van der Waals surface area contributed by atoms with E-state index >= 15 is 0 Å². The van der Waals surface area contributed by atoms with Gasteiger partial charge in [0.05, 0.1) is 19.1 Å². The summed E-state index contributed by atoms with van der Waals surface area (Å²) in [5, 5.41) is 2.73. The average Bonchev–Trinajstić information content (AvgIpc) is 2.75. The van der Waals surface area contributed by atoms with Crippen molar-refractivity contribution >= 4 is 27.5 Å². The first-order chi connectivity index (χ1) is 15.5. The van der Waals surface area contributed by atoms with Crippen LogP contribution in [0, 0.1) is 13.8 Å². The zero-order valence-electron chi connectivity index (χ0n) is 20.1. The summed E-state index contributed by atoms with van der Waals surface area (Å²) in [6.45, 7) is 7.26. The van der Waals surface area contributed by atoms with Crippen molar-refractivity contribution in [3.63, 3.8) is 0 Å². The van der Waals surface area contributed by atoms with Gasteiger partial charge in [0.15, 0.2) is 0 Å². The van der Waals surface area contributed by atoms with E-state index < -0.39 is 28.5 Å². The monoisotopic (exact) mass is 475 g/mol. The topological polar surface area (TPSA) is 96.0 Å². The Kier molecular flexibility index (Phi) is 8.87. The molecule has 0 aromatic heterocycles. The molecule has 2 aromatic carbocycles. The quantitative estimate of drug-likeness (QED) is 0.570. The van der Waals surface area contributed by atoms with E-state index in [1.807, 2.05) is 19.1 Å². The van der Waals surface area contributed by atoms with Crippen molar-refractivity contribution in [2.75, 3.05) is 30.8 Å². The number of rotatable bonds is 10. The molecule has 8 nitrogen and oxygen atoms in total. The van der Waals surface area contributed by atoms with Crippen molar-refractivity contribution < 1.29 is 22.7 Å². The molecule has 180 valence electrons. The third-order valence-corrected chi connectivity index (χ3v) is 6.43. The summed E-state index contributed by atoms with van der Waals surface area (Å²) >= 11 is 0. The number of aryl methyl sites for hydroxylation is 2. The molecule has 0 aliphatic rings. The van der Waals surface area contributed by atoms with Gasteiger partial charge in [-0.1, -0.05) is 29.8 Å². The number of ether oxygens (including phenoxy) is 1. The lowest BCUT2D eigenvalue weighted by Gasteiger charge is -2.32. The number of benzene rings is 2. The van der Waals surface area contributed by atoms with Crippen LogP contribution in [0.1, 0.15) is 30.5 Å². The number of hydrogen-bond donors (Lipinski definition) is 1. The Morgan fingerprint density at radius 3 is 2.39 bits per heavy atom. The van der Waals surface area contributed by atoms with Crippen LogP contribution >= 0.6 is 0 Å². The van der Waals surface area contributed by atoms with Crippen molar-refractivity contribution in [1.29, 1.82) is 0 Å². The van der Waals surface area contributed by atoms with Crippen molar-refractivity contribution in [2.24, 2.45) is 0 Å². The van der Waals surface area contributed by atoms with Gasteiger partial charge >= 0.3 is 0 Å². The van der Waals surface area contributed by atoms with Gasteiger partial charge < -0.3 is 15.0 Å². The van der Waals surface area contributed by atoms with E-state index in [9.17, 15) is 18.0 Å². The van der Waals surface area contributed by atoms with E-state index in [4.69, 9.17) is 4.74 Å². The molecular formula is C24H33N3O5S. The first-order valence-electron chi connectivity index (χ1n) is 10.7. The minimum absolute atomic E-state index is 0.124. The SMILES string of the molecule is CCNC(=O)C(C)N(Cc1cccc(OC)c1)C(=O)CN(c1ccc(C)cc1C)S(C)(=O)=O. The van der Waals surface area contributed by atoms with E-state index in [0.717, 1.165) is 27.3 Å². The van der Waals surface area contributed by atoms with Crippen LogP contribution in [0.25, 0.3) is 0 Å². The van der Waals surface area contributed by atoms with Crippen molar-refractivity contribution in [3.05, 3.63) is 59.2 Å². The van der Waals surface area contributed by atoms with Gasteiger partial charge in [-0.05, 0) is 57.0 Å². The zero-order valence-corrected chi connectivity index (χ0v) is 20.9. The van der Waals surface area contributed by atoms with Gasteiger partial charge in [-0.3, -0.25) is 13.9 Å². The molecule has 0 bridgehead atoms. The molecule has 1 unspecified atom stereocenters. The molecule has 0 aliphatic heterocycles. The number of nitrogens with one attached hydrogen (secondary N) is 1. The van der Waals surface area contributed by atoms with Gasteiger partial charge in [0.25, 0.3) is 0 Å². The second-order valence-electron chi connectivity index (χ2n) is 8.00. The molecule has 2 rings (SSSR count). The van der Waals surface area contributed by atoms with Crippen LogP contribution in [0.4, 0.5) is 5.69 Å². The summed E-state index contributed by atoms with van der Waals surface area (Å²) in [6, 6.07) is 11.7. The molecule has 1 atom stereocenters. The number of methoxy groups -OCH3 is 1. The summed E-state index contributed by atoms with van der Waals surface area (Å²) in [7, 11) is -2.21. The molecule has 0 saturated carbocycles. The van der Waals surface area contributed by atoms with Gasteiger partial charge in [-0.15, -0.1) is 0 Å². The normalized spacial score (nSPS) is 12.1. The van der Waals surface area contributed by atoms with Crippen LogP contribution in [0.2, 0.25) is 0 Å². The Morgan fingerprint density at radius 2 is 1.82 bits per heavy atom. The van der Waals surface area contributed by atoms with Gasteiger partial charge in [0.1, 0.15) is 18.3 Å².